The Morgan fingerprint density at radius 2 is 2.00 bits per heavy atom. The molecule has 0 spiro atoms. The Balaban J connectivity index is 2.08. The van der Waals surface area contributed by atoms with Gasteiger partial charge in [-0.25, -0.2) is 0 Å². The van der Waals surface area contributed by atoms with Crippen LogP contribution in [0, 0.1) is 17.0 Å². The molecule has 5 nitrogen and oxygen atoms in total. The molecule has 2 aromatic carbocycles. The number of nitro benzene ring substituents is 1. The predicted octanol–water partition coefficient (Wildman–Crippen LogP) is 4.43. The highest BCUT2D eigenvalue weighted by molar-refractivity contribution is 8.00. The molecule has 1 atom stereocenters. The van der Waals surface area contributed by atoms with E-state index in [1.807, 2.05) is 24.3 Å². The lowest BCUT2D eigenvalue weighted by molar-refractivity contribution is -0.385. The molecule has 0 saturated heterocycles. The largest absolute Gasteiger partial charge is 0.307 e. The number of hydrogen-bond donors (Lipinski definition) is 0. The van der Waals surface area contributed by atoms with Crippen LogP contribution in [-0.4, -0.2) is 22.6 Å². The third kappa shape index (κ3) is 3.01. The van der Waals surface area contributed by atoms with E-state index in [0.29, 0.717) is 17.4 Å². The average molecular weight is 342 g/mol. The van der Waals surface area contributed by atoms with Crippen molar-refractivity contribution in [2.75, 3.05) is 11.4 Å². The SMILES string of the molecule is Cc1cccc(C(=O)N2CCC(C)Sc3ccccc32)c1[N+](=O)[O-]. The van der Waals surface area contributed by atoms with Crippen molar-refractivity contribution in [3.8, 4) is 0 Å². The van der Waals surface area contributed by atoms with E-state index in [1.54, 1.807) is 35.7 Å². The standard InChI is InChI=1S/C18H18N2O3S/c1-12-6-5-7-14(17(12)20(22)23)18(21)19-11-10-13(2)24-16-9-4-3-8-15(16)19/h3-9,13H,10-11H2,1-2H3. The van der Waals surface area contributed by atoms with E-state index < -0.39 is 4.92 Å². The van der Waals surface area contributed by atoms with E-state index in [9.17, 15) is 14.9 Å². The molecule has 0 fully saturated rings. The highest BCUT2D eigenvalue weighted by Gasteiger charge is 2.30. The van der Waals surface area contributed by atoms with Crippen molar-refractivity contribution < 1.29 is 9.72 Å². The number of carbonyl (C=O) groups is 1. The number of rotatable bonds is 2. The van der Waals surface area contributed by atoms with Crippen molar-refractivity contribution in [3.05, 3.63) is 63.7 Å². The Morgan fingerprint density at radius 3 is 2.75 bits per heavy atom. The molecule has 3 rings (SSSR count). The van der Waals surface area contributed by atoms with E-state index in [0.717, 1.165) is 17.0 Å². The molecule has 124 valence electrons. The molecule has 0 N–H and O–H groups in total. The van der Waals surface area contributed by atoms with Crippen LogP contribution in [0.5, 0.6) is 0 Å². The molecule has 0 saturated carbocycles. The van der Waals surface area contributed by atoms with Gasteiger partial charge >= 0.3 is 0 Å². The Bertz CT molecular complexity index is 807. The second-order valence-electron chi connectivity index (χ2n) is 5.87. The summed E-state index contributed by atoms with van der Waals surface area (Å²) in [4.78, 5) is 26.8. The first-order valence-electron chi connectivity index (χ1n) is 7.80. The zero-order chi connectivity index (χ0) is 17.3. The fourth-order valence-corrected chi connectivity index (χ4v) is 4.03. The Morgan fingerprint density at radius 1 is 1.25 bits per heavy atom. The third-order valence-corrected chi connectivity index (χ3v) is 5.38. The molecule has 1 aliphatic heterocycles. The van der Waals surface area contributed by atoms with Crippen molar-refractivity contribution >= 4 is 29.0 Å². The number of amides is 1. The number of nitro groups is 1. The number of nitrogens with zero attached hydrogens (tertiary/aromatic N) is 2. The number of aryl methyl sites for hydroxylation is 1. The second-order valence-corrected chi connectivity index (χ2v) is 7.35. The van der Waals surface area contributed by atoms with Gasteiger partial charge in [-0.2, -0.15) is 0 Å². The normalized spacial score (nSPS) is 17.1. The van der Waals surface area contributed by atoms with Gasteiger partial charge in [-0.3, -0.25) is 14.9 Å². The summed E-state index contributed by atoms with van der Waals surface area (Å²) in [7, 11) is 0. The molecule has 1 amide bonds. The number of benzene rings is 2. The number of thioether (sulfide) groups is 1. The summed E-state index contributed by atoms with van der Waals surface area (Å²) in [6, 6.07) is 12.6. The lowest BCUT2D eigenvalue weighted by atomic mass is 10.1. The van der Waals surface area contributed by atoms with Gasteiger partial charge in [0.1, 0.15) is 5.56 Å². The van der Waals surface area contributed by atoms with Gasteiger partial charge in [-0.15, -0.1) is 11.8 Å². The molecule has 24 heavy (non-hydrogen) atoms. The van der Waals surface area contributed by atoms with Gasteiger partial charge in [0.25, 0.3) is 11.6 Å². The van der Waals surface area contributed by atoms with E-state index in [2.05, 4.69) is 6.92 Å². The van der Waals surface area contributed by atoms with Crippen molar-refractivity contribution in [2.24, 2.45) is 0 Å². The van der Waals surface area contributed by atoms with Gasteiger partial charge in [-0.05, 0) is 31.5 Å². The van der Waals surface area contributed by atoms with Gasteiger partial charge in [-0.1, -0.05) is 31.2 Å². The first kappa shape index (κ1) is 16.5. The van der Waals surface area contributed by atoms with E-state index in [1.165, 1.54) is 6.07 Å². The predicted molar refractivity (Wildman–Crippen MR) is 95.9 cm³/mol. The van der Waals surface area contributed by atoms with E-state index in [4.69, 9.17) is 0 Å². The van der Waals surface area contributed by atoms with Gasteiger partial charge in [0.2, 0.25) is 0 Å². The summed E-state index contributed by atoms with van der Waals surface area (Å²) < 4.78 is 0. The number of carbonyl (C=O) groups excluding carboxylic acids is 1. The first-order valence-corrected chi connectivity index (χ1v) is 8.68. The number of para-hydroxylation sites is 2. The van der Waals surface area contributed by atoms with Crippen LogP contribution in [0.2, 0.25) is 0 Å². The maximum Gasteiger partial charge on any atom is 0.285 e. The topological polar surface area (TPSA) is 63.5 Å². The average Bonchev–Trinajstić information content (AvgIpc) is 2.71. The summed E-state index contributed by atoms with van der Waals surface area (Å²) in [5.41, 5.74) is 1.36. The molecule has 0 bridgehead atoms. The minimum atomic E-state index is -0.469. The van der Waals surface area contributed by atoms with Crippen molar-refractivity contribution in [1.29, 1.82) is 0 Å². The monoisotopic (exact) mass is 342 g/mol. The van der Waals surface area contributed by atoms with Gasteiger partial charge in [0.15, 0.2) is 0 Å². The van der Waals surface area contributed by atoms with E-state index in [-0.39, 0.29) is 17.2 Å². The minimum Gasteiger partial charge on any atom is -0.307 e. The van der Waals surface area contributed by atoms with Crippen LogP contribution in [0.1, 0.15) is 29.3 Å². The Hall–Kier alpha value is -2.34. The van der Waals surface area contributed by atoms with Crippen molar-refractivity contribution in [1.82, 2.24) is 0 Å². The van der Waals surface area contributed by atoms with E-state index >= 15 is 0 Å². The molecule has 0 radical (unpaired) electrons. The third-order valence-electron chi connectivity index (χ3n) is 4.14. The van der Waals surface area contributed by atoms with Gasteiger partial charge < -0.3 is 4.90 Å². The quantitative estimate of drug-likeness (QED) is 0.598. The smallest absolute Gasteiger partial charge is 0.285 e. The maximum atomic E-state index is 13.1. The van der Waals surface area contributed by atoms with Crippen LogP contribution in [0.15, 0.2) is 47.4 Å². The summed E-state index contributed by atoms with van der Waals surface area (Å²) in [6.07, 6.45) is 0.838. The maximum absolute atomic E-state index is 13.1. The molecule has 2 aromatic rings. The fourth-order valence-electron chi connectivity index (χ4n) is 2.92. The summed E-state index contributed by atoms with van der Waals surface area (Å²) in [5, 5.41) is 11.8. The highest BCUT2D eigenvalue weighted by Crippen LogP contribution is 2.38. The van der Waals surface area contributed by atoms with Crippen LogP contribution in [0.4, 0.5) is 11.4 Å². The van der Waals surface area contributed by atoms with Crippen molar-refractivity contribution in [2.45, 2.75) is 30.4 Å². The molecule has 0 aliphatic carbocycles. The summed E-state index contributed by atoms with van der Waals surface area (Å²) in [6.45, 7) is 4.34. The fraction of sp³-hybridized carbons (Fsp3) is 0.278. The molecular weight excluding hydrogens is 324 g/mol. The van der Waals surface area contributed by atoms with Crippen LogP contribution in [-0.2, 0) is 0 Å². The molecule has 1 unspecified atom stereocenters. The summed E-state index contributed by atoms with van der Waals surface area (Å²) in [5.74, 6) is -0.312. The molecular formula is C18H18N2O3S. The lowest BCUT2D eigenvalue weighted by Crippen LogP contribution is -2.32. The second kappa shape index (κ2) is 6.65. The number of anilines is 1. The van der Waals surface area contributed by atoms with Crippen LogP contribution in [0.3, 0.4) is 0 Å². The number of fused-ring (bicyclic) bond motifs is 1. The first-order chi connectivity index (χ1) is 11.5. The minimum absolute atomic E-state index is 0.107. The van der Waals surface area contributed by atoms with Crippen LogP contribution < -0.4 is 4.90 Å². The lowest BCUT2D eigenvalue weighted by Gasteiger charge is -2.22. The van der Waals surface area contributed by atoms with Crippen LogP contribution in [0.25, 0.3) is 0 Å². The zero-order valence-corrected chi connectivity index (χ0v) is 14.4. The van der Waals surface area contributed by atoms with Gasteiger partial charge in [0, 0.05) is 22.3 Å². The highest BCUT2D eigenvalue weighted by atomic mass is 32.2. The summed E-state index contributed by atoms with van der Waals surface area (Å²) >= 11 is 1.73. The Kier molecular flexibility index (Phi) is 4.57. The van der Waals surface area contributed by atoms with Crippen LogP contribution >= 0.6 is 11.8 Å². The number of hydrogen-bond acceptors (Lipinski definition) is 4. The molecule has 6 heteroatoms. The molecule has 1 aliphatic rings. The zero-order valence-electron chi connectivity index (χ0n) is 13.6. The molecule has 1 heterocycles. The Labute approximate surface area is 144 Å². The van der Waals surface area contributed by atoms with Crippen molar-refractivity contribution in [3.63, 3.8) is 0 Å². The van der Waals surface area contributed by atoms with Gasteiger partial charge in [0.05, 0.1) is 10.6 Å². The molecule has 0 aromatic heterocycles.